The number of carbonyl (C=O) groups excluding carboxylic acids is 1. The van der Waals surface area contributed by atoms with Crippen molar-refractivity contribution in [1.29, 1.82) is 0 Å². The molecule has 0 bridgehead atoms. The molecule has 0 saturated heterocycles. The molecule has 1 atom stereocenters. The van der Waals surface area contributed by atoms with Gasteiger partial charge in [0, 0.05) is 15.6 Å². The van der Waals surface area contributed by atoms with Gasteiger partial charge in [0.1, 0.15) is 10.9 Å². The third-order valence-electron chi connectivity index (χ3n) is 4.37. The van der Waals surface area contributed by atoms with Gasteiger partial charge in [-0.15, -0.1) is 11.3 Å². The maximum absolute atomic E-state index is 12.8. The van der Waals surface area contributed by atoms with Gasteiger partial charge < -0.3 is 5.32 Å². The average molecular weight is 376 g/mol. The summed E-state index contributed by atoms with van der Waals surface area (Å²) in [6.07, 6.45) is 1.44. The minimum Gasteiger partial charge on any atom is -0.324 e. The molecule has 1 unspecified atom stereocenters. The van der Waals surface area contributed by atoms with Gasteiger partial charge >= 0.3 is 0 Å². The van der Waals surface area contributed by atoms with E-state index in [1.165, 1.54) is 22.2 Å². The molecule has 0 fully saturated rings. The topological polar surface area (TPSA) is 64.0 Å². The van der Waals surface area contributed by atoms with E-state index in [0.29, 0.717) is 20.9 Å². The maximum Gasteiger partial charge on any atom is 0.263 e. The minimum atomic E-state index is -0.692. The molecule has 7 heteroatoms. The molecule has 0 spiro atoms. The number of carbonyl (C=O) groups is 1. The first kappa shape index (κ1) is 17.6. The van der Waals surface area contributed by atoms with Gasteiger partial charge in [-0.2, -0.15) is 0 Å². The number of anilines is 1. The summed E-state index contributed by atoms with van der Waals surface area (Å²) in [5.41, 5.74) is 2.26. The number of aromatic nitrogens is 2. The van der Waals surface area contributed by atoms with E-state index in [4.69, 9.17) is 11.6 Å². The van der Waals surface area contributed by atoms with E-state index in [1.807, 2.05) is 26.8 Å². The molecular formula is C18H18ClN3O2S. The van der Waals surface area contributed by atoms with Crippen LogP contribution in [0.3, 0.4) is 0 Å². The molecular weight excluding hydrogens is 358 g/mol. The number of halogens is 1. The van der Waals surface area contributed by atoms with Crippen molar-refractivity contribution < 1.29 is 4.79 Å². The van der Waals surface area contributed by atoms with Crippen LogP contribution in [0.2, 0.25) is 5.02 Å². The molecule has 3 rings (SSSR count). The average Bonchev–Trinajstić information content (AvgIpc) is 2.86. The standard InChI is InChI=1S/C18H18ClN3O2S/c1-9-5-6-13(19)7-14(9)21-16(23)11(3)22-8-20-17-15(18(22)24)10(2)12(4)25-17/h5-8,11H,1-4H3,(H,21,23). The molecule has 130 valence electrons. The van der Waals surface area contributed by atoms with Crippen LogP contribution in [0.4, 0.5) is 5.69 Å². The van der Waals surface area contributed by atoms with E-state index < -0.39 is 6.04 Å². The van der Waals surface area contributed by atoms with E-state index in [0.717, 1.165) is 16.0 Å². The van der Waals surface area contributed by atoms with Gasteiger partial charge in [0.25, 0.3) is 5.56 Å². The largest absolute Gasteiger partial charge is 0.324 e. The first-order chi connectivity index (χ1) is 11.8. The molecule has 5 nitrogen and oxygen atoms in total. The van der Waals surface area contributed by atoms with E-state index in [-0.39, 0.29) is 11.5 Å². The quantitative estimate of drug-likeness (QED) is 0.744. The molecule has 0 aliphatic rings. The lowest BCUT2D eigenvalue weighted by atomic mass is 10.2. The lowest BCUT2D eigenvalue weighted by molar-refractivity contribution is -0.118. The van der Waals surface area contributed by atoms with E-state index in [2.05, 4.69) is 10.3 Å². The van der Waals surface area contributed by atoms with Crippen LogP contribution in [-0.4, -0.2) is 15.5 Å². The molecule has 0 radical (unpaired) electrons. The van der Waals surface area contributed by atoms with Gasteiger partial charge in [0.15, 0.2) is 0 Å². The molecule has 0 aliphatic heterocycles. The second-order valence-corrected chi connectivity index (χ2v) is 7.68. The Morgan fingerprint density at radius 1 is 1.32 bits per heavy atom. The maximum atomic E-state index is 12.8. The molecule has 0 saturated carbocycles. The highest BCUT2D eigenvalue weighted by Crippen LogP contribution is 2.26. The summed E-state index contributed by atoms with van der Waals surface area (Å²) >= 11 is 7.48. The zero-order valence-electron chi connectivity index (χ0n) is 14.4. The number of hydrogen-bond donors (Lipinski definition) is 1. The lowest BCUT2D eigenvalue weighted by Crippen LogP contribution is -2.32. The van der Waals surface area contributed by atoms with Gasteiger partial charge in [0.05, 0.1) is 11.7 Å². The predicted molar refractivity (Wildman–Crippen MR) is 103 cm³/mol. The monoisotopic (exact) mass is 375 g/mol. The number of benzene rings is 1. The summed E-state index contributed by atoms with van der Waals surface area (Å²) in [6, 6.07) is 4.60. The summed E-state index contributed by atoms with van der Waals surface area (Å²) in [4.78, 5) is 31.5. The molecule has 1 amide bonds. The highest BCUT2D eigenvalue weighted by Gasteiger charge is 2.20. The normalized spacial score (nSPS) is 12.4. The Kier molecular flexibility index (Phi) is 4.67. The van der Waals surface area contributed by atoms with Crippen LogP contribution in [0.1, 0.15) is 29.0 Å². The minimum absolute atomic E-state index is 0.197. The Hall–Kier alpha value is -2.18. The second-order valence-electron chi connectivity index (χ2n) is 6.04. The van der Waals surface area contributed by atoms with Crippen molar-refractivity contribution in [3.63, 3.8) is 0 Å². The highest BCUT2D eigenvalue weighted by atomic mass is 35.5. The van der Waals surface area contributed by atoms with Crippen LogP contribution in [0.15, 0.2) is 29.3 Å². The first-order valence-electron chi connectivity index (χ1n) is 7.83. The van der Waals surface area contributed by atoms with Crippen molar-refractivity contribution in [3.8, 4) is 0 Å². The fourth-order valence-corrected chi connectivity index (χ4v) is 3.78. The van der Waals surface area contributed by atoms with Crippen molar-refractivity contribution in [2.75, 3.05) is 5.32 Å². The van der Waals surface area contributed by atoms with E-state index in [9.17, 15) is 9.59 Å². The third-order valence-corrected chi connectivity index (χ3v) is 5.72. The fourth-order valence-electron chi connectivity index (χ4n) is 2.62. The Labute approximate surface area is 154 Å². The molecule has 2 heterocycles. The van der Waals surface area contributed by atoms with Gasteiger partial charge in [-0.05, 0) is 51.0 Å². The van der Waals surface area contributed by atoms with Crippen LogP contribution < -0.4 is 10.9 Å². The van der Waals surface area contributed by atoms with Crippen LogP contribution in [-0.2, 0) is 4.79 Å². The van der Waals surface area contributed by atoms with Crippen molar-refractivity contribution >= 4 is 44.7 Å². The van der Waals surface area contributed by atoms with Gasteiger partial charge in [-0.25, -0.2) is 4.98 Å². The number of amides is 1. The lowest BCUT2D eigenvalue weighted by Gasteiger charge is -2.16. The van der Waals surface area contributed by atoms with Crippen LogP contribution >= 0.6 is 22.9 Å². The first-order valence-corrected chi connectivity index (χ1v) is 9.03. The van der Waals surface area contributed by atoms with Gasteiger partial charge in [0.2, 0.25) is 5.91 Å². The summed E-state index contributed by atoms with van der Waals surface area (Å²) < 4.78 is 1.37. The highest BCUT2D eigenvalue weighted by molar-refractivity contribution is 7.18. The number of rotatable bonds is 3. The van der Waals surface area contributed by atoms with Crippen molar-refractivity contribution in [1.82, 2.24) is 9.55 Å². The summed E-state index contributed by atoms with van der Waals surface area (Å²) in [6.45, 7) is 7.43. The SMILES string of the molecule is Cc1ccc(Cl)cc1NC(=O)C(C)n1cnc2sc(C)c(C)c2c1=O. The number of fused-ring (bicyclic) bond motifs is 1. The second kappa shape index (κ2) is 6.61. The zero-order valence-corrected chi connectivity index (χ0v) is 16.0. The molecule has 2 aromatic heterocycles. The van der Waals surface area contributed by atoms with Crippen molar-refractivity contribution in [2.45, 2.75) is 33.7 Å². The molecule has 1 N–H and O–H groups in total. The van der Waals surface area contributed by atoms with Gasteiger partial charge in [-0.3, -0.25) is 14.2 Å². The van der Waals surface area contributed by atoms with E-state index in [1.54, 1.807) is 19.1 Å². The number of hydrogen-bond acceptors (Lipinski definition) is 4. The van der Waals surface area contributed by atoms with Crippen LogP contribution in [0.5, 0.6) is 0 Å². The molecule has 3 aromatic rings. The van der Waals surface area contributed by atoms with Crippen molar-refractivity contribution in [2.24, 2.45) is 0 Å². The molecule has 1 aromatic carbocycles. The summed E-state index contributed by atoms with van der Waals surface area (Å²) in [5, 5.41) is 3.96. The summed E-state index contributed by atoms with van der Waals surface area (Å²) in [7, 11) is 0. The Bertz CT molecular complexity index is 1040. The summed E-state index contributed by atoms with van der Waals surface area (Å²) in [5.74, 6) is -0.293. The smallest absolute Gasteiger partial charge is 0.263 e. The van der Waals surface area contributed by atoms with Gasteiger partial charge in [-0.1, -0.05) is 17.7 Å². The van der Waals surface area contributed by atoms with Crippen molar-refractivity contribution in [3.05, 3.63) is 55.9 Å². The number of aryl methyl sites for hydroxylation is 3. The van der Waals surface area contributed by atoms with Crippen LogP contribution in [0.25, 0.3) is 10.2 Å². The Morgan fingerprint density at radius 3 is 2.76 bits per heavy atom. The fraction of sp³-hybridized carbons (Fsp3) is 0.278. The molecule has 25 heavy (non-hydrogen) atoms. The molecule has 0 aliphatic carbocycles. The Balaban J connectivity index is 1.96. The number of thiophene rings is 1. The number of nitrogens with one attached hydrogen (secondary N) is 1. The predicted octanol–water partition coefficient (Wildman–Crippen LogP) is 4.24. The Morgan fingerprint density at radius 2 is 2.04 bits per heavy atom. The van der Waals surface area contributed by atoms with E-state index >= 15 is 0 Å². The van der Waals surface area contributed by atoms with Crippen LogP contribution in [0, 0.1) is 20.8 Å². The zero-order chi connectivity index (χ0) is 18.3. The number of nitrogens with zero attached hydrogens (tertiary/aromatic N) is 2. The third kappa shape index (κ3) is 3.19.